The Kier molecular flexibility index (Phi) is 6.14. The highest BCUT2D eigenvalue weighted by atomic mass is 35.5. The maximum Gasteiger partial charge on any atom is 0.262 e. The molecule has 0 atom stereocenters. The molecular formula is C21H17ClN2O4. The summed E-state index contributed by atoms with van der Waals surface area (Å²) in [6.45, 7) is -0.318. The molecule has 3 aromatic rings. The average molecular weight is 397 g/mol. The maximum absolute atomic E-state index is 12.3. The number of anilines is 1. The molecule has 3 aromatic carbocycles. The molecular weight excluding hydrogens is 380 g/mol. The first kappa shape index (κ1) is 19.3. The second-order valence-corrected chi connectivity index (χ2v) is 6.19. The number of carbonyl (C=O) groups excluding carboxylic acids is 2. The van der Waals surface area contributed by atoms with Gasteiger partial charge in [0.15, 0.2) is 12.4 Å². The predicted octanol–water partition coefficient (Wildman–Crippen LogP) is 4.25. The van der Waals surface area contributed by atoms with Gasteiger partial charge in [-0.1, -0.05) is 41.9 Å². The van der Waals surface area contributed by atoms with E-state index in [-0.39, 0.29) is 17.9 Å². The van der Waals surface area contributed by atoms with Crippen molar-refractivity contribution in [1.82, 2.24) is 0 Å². The van der Waals surface area contributed by atoms with Gasteiger partial charge in [0.25, 0.3) is 11.8 Å². The van der Waals surface area contributed by atoms with Crippen LogP contribution in [0.3, 0.4) is 0 Å². The van der Waals surface area contributed by atoms with Crippen molar-refractivity contribution >= 4 is 29.1 Å². The van der Waals surface area contributed by atoms with Gasteiger partial charge in [-0.2, -0.15) is 0 Å². The van der Waals surface area contributed by atoms with E-state index in [2.05, 4.69) is 5.32 Å². The number of nitrogens with one attached hydrogen (secondary N) is 1. The number of rotatable bonds is 7. The van der Waals surface area contributed by atoms with Crippen molar-refractivity contribution in [1.29, 1.82) is 0 Å². The fourth-order valence-corrected chi connectivity index (χ4v) is 2.60. The van der Waals surface area contributed by atoms with E-state index < -0.39 is 11.8 Å². The van der Waals surface area contributed by atoms with Crippen molar-refractivity contribution in [3.63, 3.8) is 0 Å². The third-order valence-electron chi connectivity index (χ3n) is 3.70. The molecule has 0 aliphatic carbocycles. The summed E-state index contributed by atoms with van der Waals surface area (Å²) in [5, 5.41) is 3.07. The molecule has 0 saturated heterocycles. The number of primary amides is 1. The van der Waals surface area contributed by atoms with Crippen molar-refractivity contribution in [3.8, 4) is 17.2 Å². The lowest BCUT2D eigenvalue weighted by molar-refractivity contribution is -0.118. The highest BCUT2D eigenvalue weighted by molar-refractivity contribution is 6.31. The van der Waals surface area contributed by atoms with Crippen LogP contribution in [0, 0.1) is 0 Å². The van der Waals surface area contributed by atoms with Crippen molar-refractivity contribution < 1.29 is 19.1 Å². The molecule has 0 aromatic heterocycles. The third kappa shape index (κ3) is 5.02. The van der Waals surface area contributed by atoms with E-state index >= 15 is 0 Å². The number of nitrogens with two attached hydrogens (primary N) is 1. The number of amides is 2. The van der Waals surface area contributed by atoms with Crippen LogP contribution in [0.4, 0.5) is 5.69 Å². The van der Waals surface area contributed by atoms with Crippen molar-refractivity contribution in [3.05, 3.63) is 83.4 Å². The smallest absolute Gasteiger partial charge is 0.262 e. The van der Waals surface area contributed by atoms with Crippen LogP contribution in [0.1, 0.15) is 10.4 Å². The van der Waals surface area contributed by atoms with Gasteiger partial charge in [0.1, 0.15) is 11.5 Å². The maximum atomic E-state index is 12.3. The highest BCUT2D eigenvalue weighted by Gasteiger charge is 2.13. The second kappa shape index (κ2) is 8.92. The Bertz CT molecular complexity index is 993. The zero-order valence-corrected chi connectivity index (χ0v) is 15.5. The van der Waals surface area contributed by atoms with Gasteiger partial charge in [-0.25, -0.2) is 0 Å². The molecule has 142 valence electrons. The summed E-state index contributed by atoms with van der Waals surface area (Å²) in [6, 6.07) is 20.7. The first-order valence-electron chi connectivity index (χ1n) is 8.37. The summed E-state index contributed by atoms with van der Waals surface area (Å²) in [6.07, 6.45) is 0. The largest absolute Gasteiger partial charge is 0.483 e. The zero-order valence-electron chi connectivity index (χ0n) is 14.7. The number of carbonyl (C=O) groups is 2. The van der Waals surface area contributed by atoms with E-state index in [0.717, 1.165) is 0 Å². The van der Waals surface area contributed by atoms with Crippen LogP contribution in [0.2, 0.25) is 5.02 Å². The summed E-state index contributed by atoms with van der Waals surface area (Å²) >= 11 is 5.86. The number of ether oxygens (including phenoxy) is 2. The second-order valence-electron chi connectivity index (χ2n) is 5.75. The molecule has 0 bridgehead atoms. The summed E-state index contributed by atoms with van der Waals surface area (Å²) in [5.74, 6) is 0.203. The lowest BCUT2D eigenvalue weighted by Gasteiger charge is -2.13. The molecule has 0 fully saturated rings. The lowest BCUT2D eigenvalue weighted by atomic mass is 10.2. The Labute approximate surface area is 166 Å². The monoisotopic (exact) mass is 396 g/mol. The number of halogens is 1. The quantitative estimate of drug-likeness (QED) is 0.624. The van der Waals surface area contributed by atoms with E-state index in [0.29, 0.717) is 22.2 Å². The van der Waals surface area contributed by atoms with E-state index in [1.807, 2.05) is 30.3 Å². The van der Waals surface area contributed by atoms with Gasteiger partial charge in [0, 0.05) is 5.02 Å². The molecule has 3 rings (SSSR count). The first-order valence-corrected chi connectivity index (χ1v) is 8.74. The van der Waals surface area contributed by atoms with Crippen LogP contribution in [0.15, 0.2) is 72.8 Å². The molecule has 6 nitrogen and oxygen atoms in total. The molecule has 0 radical (unpaired) electrons. The molecule has 2 amide bonds. The van der Waals surface area contributed by atoms with Crippen LogP contribution in [0.5, 0.6) is 17.2 Å². The van der Waals surface area contributed by atoms with Crippen molar-refractivity contribution in [2.24, 2.45) is 5.73 Å². The van der Waals surface area contributed by atoms with Crippen LogP contribution in [-0.2, 0) is 4.79 Å². The molecule has 0 spiro atoms. The Morgan fingerprint density at radius 3 is 2.39 bits per heavy atom. The first-order chi connectivity index (χ1) is 13.5. The fourth-order valence-electron chi connectivity index (χ4n) is 2.42. The highest BCUT2D eigenvalue weighted by Crippen LogP contribution is 2.29. The SMILES string of the molecule is NC(=O)c1cc(Cl)ccc1OCC(=O)Nc1ccccc1Oc1ccccc1. The van der Waals surface area contributed by atoms with E-state index in [1.165, 1.54) is 12.1 Å². The molecule has 0 aliphatic heterocycles. The number of hydrogen-bond acceptors (Lipinski definition) is 4. The summed E-state index contributed by atoms with van der Waals surface area (Å²) in [7, 11) is 0. The molecule has 3 N–H and O–H groups in total. The Morgan fingerprint density at radius 2 is 1.64 bits per heavy atom. The van der Waals surface area contributed by atoms with Gasteiger partial charge in [-0.15, -0.1) is 0 Å². The normalized spacial score (nSPS) is 10.2. The number of para-hydroxylation sites is 3. The van der Waals surface area contributed by atoms with E-state index in [1.54, 1.807) is 30.3 Å². The molecule has 28 heavy (non-hydrogen) atoms. The van der Waals surface area contributed by atoms with Crippen molar-refractivity contribution in [2.75, 3.05) is 11.9 Å². The van der Waals surface area contributed by atoms with Crippen molar-refractivity contribution in [2.45, 2.75) is 0 Å². The zero-order chi connectivity index (χ0) is 19.9. The van der Waals surface area contributed by atoms with E-state index in [4.69, 9.17) is 26.8 Å². The molecule has 0 heterocycles. The number of benzene rings is 3. The van der Waals surface area contributed by atoms with E-state index in [9.17, 15) is 9.59 Å². The third-order valence-corrected chi connectivity index (χ3v) is 3.93. The van der Waals surface area contributed by atoms with Crippen LogP contribution >= 0.6 is 11.6 Å². The summed E-state index contributed by atoms with van der Waals surface area (Å²) in [5.41, 5.74) is 5.91. The molecule has 7 heteroatoms. The Hall–Kier alpha value is -3.51. The van der Waals surface area contributed by atoms with Crippen LogP contribution in [-0.4, -0.2) is 18.4 Å². The van der Waals surface area contributed by atoms with Gasteiger partial charge in [-0.05, 0) is 42.5 Å². The molecule has 0 saturated carbocycles. The van der Waals surface area contributed by atoms with Gasteiger partial charge in [0.2, 0.25) is 0 Å². The van der Waals surface area contributed by atoms with Gasteiger partial charge >= 0.3 is 0 Å². The minimum Gasteiger partial charge on any atom is -0.483 e. The topological polar surface area (TPSA) is 90.7 Å². The summed E-state index contributed by atoms with van der Waals surface area (Å²) in [4.78, 5) is 23.8. The van der Waals surface area contributed by atoms with Gasteiger partial charge in [-0.3, -0.25) is 9.59 Å². The number of hydrogen-bond donors (Lipinski definition) is 2. The van der Waals surface area contributed by atoms with Crippen LogP contribution in [0.25, 0.3) is 0 Å². The minimum atomic E-state index is -0.695. The van der Waals surface area contributed by atoms with Gasteiger partial charge < -0.3 is 20.5 Å². The van der Waals surface area contributed by atoms with Gasteiger partial charge in [0.05, 0.1) is 11.3 Å². The average Bonchev–Trinajstić information content (AvgIpc) is 2.69. The Balaban J connectivity index is 1.67. The lowest BCUT2D eigenvalue weighted by Crippen LogP contribution is -2.22. The molecule has 0 aliphatic rings. The predicted molar refractivity (Wildman–Crippen MR) is 107 cm³/mol. The summed E-state index contributed by atoms with van der Waals surface area (Å²) < 4.78 is 11.2. The minimum absolute atomic E-state index is 0.105. The van der Waals surface area contributed by atoms with Crippen LogP contribution < -0.4 is 20.5 Å². The Morgan fingerprint density at radius 1 is 0.929 bits per heavy atom. The fraction of sp³-hybridized carbons (Fsp3) is 0.0476. The standard InChI is InChI=1S/C21H17ClN2O4/c22-14-10-11-18(16(12-14)21(23)26)27-13-20(25)24-17-8-4-5-9-19(17)28-15-6-2-1-3-7-15/h1-12H,13H2,(H2,23,26)(H,24,25). The molecule has 0 unspecified atom stereocenters.